The quantitative estimate of drug-likeness (QED) is 0.414. The maximum absolute atomic E-state index is 13.0. The molecule has 0 spiro atoms. The summed E-state index contributed by atoms with van der Waals surface area (Å²) >= 11 is 5.98. The first-order valence-electron chi connectivity index (χ1n) is 9.16. The average Bonchev–Trinajstić information content (AvgIpc) is 3.01. The number of benzene rings is 2. The third-order valence-electron chi connectivity index (χ3n) is 4.75. The Morgan fingerprint density at radius 1 is 1.00 bits per heavy atom. The van der Waals surface area contributed by atoms with Gasteiger partial charge in [0.05, 0.1) is 7.11 Å². The Balaban J connectivity index is 1.85. The minimum atomic E-state index is -0.962. The third kappa shape index (κ3) is 4.20. The van der Waals surface area contributed by atoms with Gasteiger partial charge in [0.1, 0.15) is 11.3 Å². The van der Waals surface area contributed by atoms with Crippen molar-refractivity contribution in [1.82, 2.24) is 4.57 Å². The van der Waals surface area contributed by atoms with E-state index < -0.39 is 12.1 Å². The molecule has 1 aromatic heterocycles. The molecular weight excluding hydrogens is 390 g/mol. The lowest BCUT2D eigenvalue weighted by Crippen LogP contribution is -2.25. The van der Waals surface area contributed by atoms with Crippen LogP contribution in [-0.2, 0) is 4.74 Å². The van der Waals surface area contributed by atoms with Crippen LogP contribution in [0.2, 0.25) is 5.02 Å². The molecule has 5 nitrogen and oxygen atoms in total. The van der Waals surface area contributed by atoms with Crippen LogP contribution in [0, 0.1) is 13.8 Å². The second-order valence-corrected chi connectivity index (χ2v) is 7.15. The molecule has 0 amide bonds. The van der Waals surface area contributed by atoms with Crippen molar-refractivity contribution in [3.8, 4) is 11.4 Å². The number of Topliss-reactive ketones (excluding diaryl/α,β-unsaturated/α-hetero) is 1. The molecule has 0 aliphatic heterocycles. The Labute approximate surface area is 174 Å². The first-order chi connectivity index (χ1) is 13.8. The zero-order valence-electron chi connectivity index (χ0n) is 16.7. The summed E-state index contributed by atoms with van der Waals surface area (Å²) in [4.78, 5) is 25.6. The largest absolute Gasteiger partial charge is 0.496 e. The Morgan fingerprint density at radius 3 is 2.34 bits per heavy atom. The molecular formula is C23H22ClNO4. The molecule has 0 saturated carbocycles. The number of rotatable bonds is 6. The number of nitrogens with zero attached hydrogens (tertiary/aromatic N) is 1. The number of ketones is 1. The minimum absolute atomic E-state index is 0.175. The molecule has 3 rings (SSSR count). The predicted octanol–water partition coefficient (Wildman–Crippen LogP) is 5.18. The van der Waals surface area contributed by atoms with Gasteiger partial charge in [0.2, 0.25) is 5.78 Å². The molecule has 0 radical (unpaired) electrons. The van der Waals surface area contributed by atoms with Gasteiger partial charge in [-0.15, -0.1) is 0 Å². The fraction of sp³-hybridized carbons (Fsp3) is 0.217. The van der Waals surface area contributed by atoms with Crippen LogP contribution in [0.3, 0.4) is 0 Å². The lowest BCUT2D eigenvalue weighted by atomic mass is 10.1. The van der Waals surface area contributed by atoms with Crippen LogP contribution in [0.5, 0.6) is 5.75 Å². The van der Waals surface area contributed by atoms with Crippen molar-refractivity contribution < 1.29 is 19.1 Å². The first-order valence-corrected chi connectivity index (χ1v) is 9.54. The van der Waals surface area contributed by atoms with Crippen LogP contribution < -0.4 is 4.74 Å². The van der Waals surface area contributed by atoms with E-state index in [0.29, 0.717) is 16.3 Å². The highest BCUT2D eigenvalue weighted by atomic mass is 35.5. The van der Waals surface area contributed by atoms with Crippen LogP contribution in [0.15, 0.2) is 54.6 Å². The zero-order valence-corrected chi connectivity index (χ0v) is 17.5. The Bertz CT molecular complexity index is 1060. The molecule has 2 aromatic carbocycles. The van der Waals surface area contributed by atoms with E-state index in [4.69, 9.17) is 21.1 Å². The molecule has 6 heteroatoms. The van der Waals surface area contributed by atoms with Gasteiger partial charge in [0, 0.05) is 27.7 Å². The number of hydrogen-bond acceptors (Lipinski definition) is 4. The second kappa shape index (κ2) is 8.53. The van der Waals surface area contributed by atoms with E-state index in [0.717, 1.165) is 17.1 Å². The van der Waals surface area contributed by atoms with E-state index in [9.17, 15) is 9.59 Å². The van der Waals surface area contributed by atoms with Crippen molar-refractivity contribution in [3.63, 3.8) is 0 Å². The van der Waals surface area contributed by atoms with Crippen LogP contribution >= 0.6 is 11.6 Å². The summed E-state index contributed by atoms with van der Waals surface area (Å²) in [5.41, 5.74) is 3.38. The summed E-state index contributed by atoms with van der Waals surface area (Å²) in [5.74, 6) is -0.599. The van der Waals surface area contributed by atoms with Crippen molar-refractivity contribution in [1.29, 1.82) is 0 Å². The maximum Gasteiger partial charge on any atom is 0.342 e. The number of halogens is 1. The molecule has 0 bridgehead atoms. The fourth-order valence-corrected chi connectivity index (χ4v) is 3.50. The van der Waals surface area contributed by atoms with E-state index in [1.807, 2.05) is 54.8 Å². The van der Waals surface area contributed by atoms with Crippen molar-refractivity contribution in [2.45, 2.75) is 26.9 Å². The van der Waals surface area contributed by atoms with E-state index in [1.165, 1.54) is 13.2 Å². The number of aryl methyl sites for hydroxylation is 1. The Kier molecular flexibility index (Phi) is 6.09. The Hall–Kier alpha value is -3.05. The van der Waals surface area contributed by atoms with E-state index in [1.54, 1.807) is 19.1 Å². The van der Waals surface area contributed by atoms with Gasteiger partial charge in [0.25, 0.3) is 0 Å². The summed E-state index contributed by atoms with van der Waals surface area (Å²) in [6.45, 7) is 5.37. The molecule has 0 unspecified atom stereocenters. The number of hydrogen-bond donors (Lipinski definition) is 0. The molecule has 0 aliphatic carbocycles. The molecule has 0 aliphatic rings. The van der Waals surface area contributed by atoms with Crippen molar-refractivity contribution >= 4 is 23.4 Å². The van der Waals surface area contributed by atoms with Gasteiger partial charge >= 0.3 is 5.97 Å². The SMILES string of the molecule is COc1ccc(Cl)cc1C(=O)O[C@@H](C)C(=O)c1cc(C)n(-c2ccccc2)c1C. The van der Waals surface area contributed by atoms with Crippen molar-refractivity contribution in [3.05, 3.63) is 82.1 Å². The molecule has 0 fully saturated rings. The van der Waals surface area contributed by atoms with Crippen molar-refractivity contribution in [2.24, 2.45) is 0 Å². The van der Waals surface area contributed by atoms with Crippen molar-refractivity contribution in [2.75, 3.05) is 7.11 Å². The summed E-state index contributed by atoms with van der Waals surface area (Å²) in [6, 6.07) is 16.2. The smallest absolute Gasteiger partial charge is 0.342 e. The summed E-state index contributed by atoms with van der Waals surface area (Å²) in [5, 5.41) is 0.378. The number of esters is 1. The molecule has 3 aromatic rings. The number of carbonyl (C=O) groups excluding carboxylic acids is 2. The Morgan fingerprint density at radius 2 is 1.69 bits per heavy atom. The number of ether oxygens (including phenoxy) is 2. The van der Waals surface area contributed by atoms with Gasteiger partial charge in [0.15, 0.2) is 6.10 Å². The highest BCUT2D eigenvalue weighted by molar-refractivity contribution is 6.31. The number of carbonyl (C=O) groups is 2. The molecule has 1 atom stereocenters. The lowest BCUT2D eigenvalue weighted by molar-refractivity contribution is 0.0315. The minimum Gasteiger partial charge on any atom is -0.496 e. The van der Waals surface area contributed by atoms with Crippen LogP contribution in [0.25, 0.3) is 5.69 Å². The highest BCUT2D eigenvalue weighted by Gasteiger charge is 2.26. The number of methoxy groups -OCH3 is 1. The van der Waals surface area contributed by atoms with Gasteiger partial charge in [-0.05, 0) is 57.2 Å². The molecule has 150 valence electrons. The molecule has 0 saturated heterocycles. The first kappa shape index (κ1) is 20.7. The molecule has 0 N–H and O–H groups in total. The van der Waals surface area contributed by atoms with Crippen LogP contribution in [0.4, 0.5) is 0 Å². The van der Waals surface area contributed by atoms with Gasteiger partial charge in [-0.25, -0.2) is 4.79 Å². The number of aromatic nitrogens is 1. The van der Waals surface area contributed by atoms with Crippen LogP contribution in [-0.4, -0.2) is 29.5 Å². The second-order valence-electron chi connectivity index (χ2n) is 6.71. The normalized spacial score (nSPS) is 11.8. The zero-order chi connectivity index (χ0) is 21.1. The van der Waals surface area contributed by atoms with E-state index in [2.05, 4.69) is 0 Å². The predicted molar refractivity (Wildman–Crippen MR) is 112 cm³/mol. The number of para-hydroxylation sites is 1. The third-order valence-corrected chi connectivity index (χ3v) is 4.98. The summed E-state index contributed by atoms with van der Waals surface area (Å²) in [7, 11) is 1.45. The lowest BCUT2D eigenvalue weighted by Gasteiger charge is -2.14. The van der Waals surface area contributed by atoms with Gasteiger partial charge in [-0.2, -0.15) is 0 Å². The monoisotopic (exact) mass is 411 g/mol. The van der Waals surface area contributed by atoms with E-state index in [-0.39, 0.29) is 11.3 Å². The maximum atomic E-state index is 13.0. The standard InChI is InChI=1S/C23H22ClNO4/c1-14-12-19(15(2)25(14)18-8-6-5-7-9-18)22(26)16(3)29-23(27)20-13-17(24)10-11-21(20)28-4/h5-13,16H,1-4H3/t16-/m0/s1. The summed E-state index contributed by atoms with van der Waals surface area (Å²) < 4.78 is 12.6. The summed E-state index contributed by atoms with van der Waals surface area (Å²) in [6.07, 6.45) is -0.962. The van der Waals surface area contributed by atoms with Gasteiger partial charge < -0.3 is 14.0 Å². The van der Waals surface area contributed by atoms with Crippen LogP contribution in [0.1, 0.15) is 39.0 Å². The topological polar surface area (TPSA) is 57.5 Å². The fourth-order valence-electron chi connectivity index (χ4n) is 3.32. The van der Waals surface area contributed by atoms with Gasteiger partial charge in [-0.1, -0.05) is 29.8 Å². The highest BCUT2D eigenvalue weighted by Crippen LogP contribution is 2.25. The molecule has 29 heavy (non-hydrogen) atoms. The molecule has 1 heterocycles. The van der Waals surface area contributed by atoms with E-state index >= 15 is 0 Å². The average molecular weight is 412 g/mol. The van der Waals surface area contributed by atoms with Gasteiger partial charge in [-0.3, -0.25) is 4.79 Å².